The molecule has 2 heterocycles. The van der Waals surface area contributed by atoms with E-state index >= 15 is 0 Å². The van der Waals surface area contributed by atoms with Crippen LogP contribution >= 0.6 is 0 Å². The van der Waals surface area contributed by atoms with Crippen LogP contribution in [0.15, 0.2) is 12.1 Å². The lowest BCUT2D eigenvalue weighted by atomic mass is 10.2. The topological polar surface area (TPSA) is 76.1 Å². The second-order valence-electron chi connectivity index (χ2n) is 4.18. The predicted molar refractivity (Wildman–Crippen MR) is 67.5 cm³/mol. The van der Waals surface area contributed by atoms with Crippen molar-refractivity contribution in [2.45, 2.75) is 25.9 Å². The van der Waals surface area contributed by atoms with Gasteiger partial charge in [0.05, 0.1) is 6.10 Å². The fourth-order valence-electron chi connectivity index (χ4n) is 1.83. The molecule has 1 fully saturated rings. The molecule has 1 amide bonds. The van der Waals surface area contributed by atoms with Gasteiger partial charge >= 0.3 is 0 Å². The van der Waals surface area contributed by atoms with E-state index in [1.807, 2.05) is 6.92 Å². The van der Waals surface area contributed by atoms with Crippen LogP contribution in [-0.2, 0) is 4.74 Å². The van der Waals surface area contributed by atoms with Gasteiger partial charge in [-0.3, -0.25) is 4.79 Å². The van der Waals surface area contributed by atoms with Crippen LogP contribution in [0.5, 0.6) is 0 Å². The summed E-state index contributed by atoms with van der Waals surface area (Å²) in [5, 5.41) is 13.6. The summed E-state index contributed by atoms with van der Waals surface area (Å²) in [6.07, 6.45) is 2.21. The number of nitrogens with one attached hydrogen (secondary N) is 2. The first-order valence-electron chi connectivity index (χ1n) is 6.27. The Morgan fingerprint density at radius 3 is 3.00 bits per heavy atom. The number of ether oxygens (including phenoxy) is 1. The Hall–Kier alpha value is -1.69. The molecule has 0 saturated carbocycles. The highest BCUT2D eigenvalue weighted by Gasteiger charge is 2.17. The van der Waals surface area contributed by atoms with Gasteiger partial charge in [-0.2, -0.15) is 0 Å². The largest absolute Gasteiger partial charge is 0.376 e. The van der Waals surface area contributed by atoms with E-state index in [-0.39, 0.29) is 12.0 Å². The highest BCUT2D eigenvalue weighted by Crippen LogP contribution is 2.10. The van der Waals surface area contributed by atoms with Crippen LogP contribution in [0.1, 0.15) is 30.3 Å². The minimum Gasteiger partial charge on any atom is -0.376 e. The predicted octanol–water partition coefficient (Wildman–Crippen LogP) is 0.817. The zero-order valence-corrected chi connectivity index (χ0v) is 10.5. The summed E-state index contributed by atoms with van der Waals surface area (Å²) in [4.78, 5) is 11.8. The number of nitrogens with zero attached hydrogens (tertiary/aromatic N) is 2. The first kappa shape index (κ1) is 12.8. The molecule has 2 N–H and O–H groups in total. The molecule has 2 rings (SSSR count). The van der Waals surface area contributed by atoms with E-state index in [0.717, 1.165) is 26.0 Å². The van der Waals surface area contributed by atoms with Crippen LogP contribution in [0.2, 0.25) is 0 Å². The number of anilines is 1. The number of aromatic nitrogens is 2. The van der Waals surface area contributed by atoms with Gasteiger partial charge in [0.25, 0.3) is 5.91 Å². The van der Waals surface area contributed by atoms with Crippen molar-refractivity contribution in [2.75, 3.05) is 25.0 Å². The average molecular weight is 250 g/mol. The van der Waals surface area contributed by atoms with E-state index in [2.05, 4.69) is 20.8 Å². The normalized spacial score (nSPS) is 18.6. The Balaban J connectivity index is 1.83. The fraction of sp³-hybridized carbons (Fsp3) is 0.583. The summed E-state index contributed by atoms with van der Waals surface area (Å²) >= 11 is 0. The minimum absolute atomic E-state index is 0.142. The third-order valence-electron chi connectivity index (χ3n) is 2.77. The smallest absolute Gasteiger partial charge is 0.271 e. The molecule has 6 heteroatoms. The summed E-state index contributed by atoms with van der Waals surface area (Å²) < 4.78 is 5.43. The lowest BCUT2D eigenvalue weighted by Gasteiger charge is -2.10. The molecule has 1 unspecified atom stereocenters. The summed E-state index contributed by atoms with van der Waals surface area (Å²) in [6, 6.07) is 3.41. The van der Waals surface area contributed by atoms with Crippen LogP contribution < -0.4 is 10.6 Å². The quantitative estimate of drug-likeness (QED) is 0.809. The van der Waals surface area contributed by atoms with Gasteiger partial charge in [-0.15, -0.1) is 10.2 Å². The van der Waals surface area contributed by atoms with E-state index in [9.17, 15) is 4.79 Å². The van der Waals surface area contributed by atoms with Gasteiger partial charge in [-0.25, -0.2) is 0 Å². The number of rotatable bonds is 5. The van der Waals surface area contributed by atoms with Crippen molar-refractivity contribution in [3.8, 4) is 0 Å². The first-order valence-corrected chi connectivity index (χ1v) is 6.27. The highest BCUT2D eigenvalue weighted by molar-refractivity contribution is 5.92. The van der Waals surface area contributed by atoms with Crippen LogP contribution in [0.3, 0.4) is 0 Å². The Bertz CT molecular complexity index is 388. The molecule has 0 aromatic carbocycles. The zero-order valence-electron chi connectivity index (χ0n) is 10.5. The average Bonchev–Trinajstić information content (AvgIpc) is 2.90. The Labute approximate surface area is 106 Å². The molecule has 0 radical (unpaired) electrons. The fourth-order valence-corrected chi connectivity index (χ4v) is 1.83. The zero-order chi connectivity index (χ0) is 12.8. The number of hydrogen-bond acceptors (Lipinski definition) is 5. The lowest BCUT2D eigenvalue weighted by Crippen LogP contribution is -2.32. The summed E-state index contributed by atoms with van der Waals surface area (Å²) in [5.41, 5.74) is 0.328. The van der Waals surface area contributed by atoms with Gasteiger partial charge in [0.1, 0.15) is 5.82 Å². The molecular weight excluding hydrogens is 232 g/mol. The van der Waals surface area contributed by atoms with Crippen molar-refractivity contribution in [1.82, 2.24) is 15.5 Å². The van der Waals surface area contributed by atoms with E-state index < -0.39 is 0 Å². The molecule has 1 aliphatic rings. The monoisotopic (exact) mass is 250 g/mol. The minimum atomic E-state index is -0.207. The maximum Gasteiger partial charge on any atom is 0.271 e. The maximum atomic E-state index is 11.8. The number of hydrogen-bond donors (Lipinski definition) is 2. The number of carbonyl (C=O) groups is 1. The summed E-state index contributed by atoms with van der Waals surface area (Å²) in [7, 11) is 0. The van der Waals surface area contributed by atoms with Crippen molar-refractivity contribution >= 4 is 11.7 Å². The molecule has 18 heavy (non-hydrogen) atoms. The third-order valence-corrected chi connectivity index (χ3v) is 2.77. The van der Waals surface area contributed by atoms with Crippen LogP contribution in [-0.4, -0.2) is 41.9 Å². The van der Waals surface area contributed by atoms with E-state index in [1.54, 1.807) is 12.1 Å². The molecule has 1 aliphatic heterocycles. The summed E-state index contributed by atoms with van der Waals surface area (Å²) in [6.45, 7) is 4.08. The van der Waals surface area contributed by atoms with Crippen molar-refractivity contribution in [2.24, 2.45) is 0 Å². The first-order chi connectivity index (χ1) is 8.79. The molecular formula is C12H18N4O2. The standard InChI is InChI=1S/C12H18N4O2/c1-2-13-11-6-5-10(15-16-11)12(17)14-8-9-4-3-7-18-9/h5-6,9H,2-4,7-8H2,1H3,(H,13,16)(H,14,17). The van der Waals surface area contributed by atoms with Gasteiger partial charge in [0.2, 0.25) is 0 Å². The van der Waals surface area contributed by atoms with Crippen molar-refractivity contribution in [1.29, 1.82) is 0 Å². The van der Waals surface area contributed by atoms with Crippen molar-refractivity contribution in [3.63, 3.8) is 0 Å². The number of carbonyl (C=O) groups excluding carboxylic acids is 1. The summed E-state index contributed by atoms with van der Waals surface area (Å²) in [5.74, 6) is 0.467. The van der Waals surface area contributed by atoms with Crippen LogP contribution in [0, 0.1) is 0 Å². The SMILES string of the molecule is CCNc1ccc(C(=O)NCC2CCCO2)nn1. The molecule has 1 saturated heterocycles. The molecule has 0 aliphatic carbocycles. The van der Waals surface area contributed by atoms with E-state index in [0.29, 0.717) is 18.1 Å². The van der Waals surface area contributed by atoms with Gasteiger partial charge < -0.3 is 15.4 Å². The second-order valence-corrected chi connectivity index (χ2v) is 4.18. The maximum absolute atomic E-state index is 11.8. The van der Waals surface area contributed by atoms with Gasteiger partial charge in [0.15, 0.2) is 5.69 Å². The van der Waals surface area contributed by atoms with Gasteiger partial charge in [-0.1, -0.05) is 0 Å². The van der Waals surface area contributed by atoms with Crippen LogP contribution in [0.4, 0.5) is 5.82 Å². The van der Waals surface area contributed by atoms with Crippen molar-refractivity contribution < 1.29 is 9.53 Å². The Morgan fingerprint density at radius 1 is 1.50 bits per heavy atom. The molecule has 0 bridgehead atoms. The Morgan fingerprint density at radius 2 is 2.39 bits per heavy atom. The molecule has 1 aromatic heterocycles. The molecule has 0 spiro atoms. The van der Waals surface area contributed by atoms with E-state index in [4.69, 9.17) is 4.74 Å². The highest BCUT2D eigenvalue weighted by atomic mass is 16.5. The van der Waals surface area contributed by atoms with E-state index in [1.165, 1.54) is 0 Å². The Kier molecular flexibility index (Phi) is 4.46. The molecule has 6 nitrogen and oxygen atoms in total. The van der Waals surface area contributed by atoms with Gasteiger partial charge in [0, 0.05) is 19.7 Å². The van der Waals surface area contributed by atoms with Crippen LogP contribution in [0.25, 0.3) is 0 Å². The van der Waals surface area contributed by atoms with Gasteiger partial charge in [-0.05, 0) is 31.9 Å². The molecule has 1 aromatic rings. The number of amides is 1. The van der Waals surface area contributed by atoms with Crippen molar-refractivity contribution in [3.05, 3.63) is 17.8 Å². The lowest BCUT2D eigenvalue weighted by molar-refractivity contribution is 0.0853. The molecule has 98 valence electrons. The third kappa shape index (κ3) is 3.40. The molecule has 1 atom stereocenters. The second kappa shape index (κ2) is 6.30.